The zero-order valence-electron chi connectivity index (χ0n) is 12.3. The van der Waals surface area contributed by atoms with Crippen molar-refractivity contribution in [2.24, 2.45) is 0 Å². The lowest BCUT2D eigenvalue weighted by molar-refractivity contribution is 0.572. The van der Waals surface area contributed by atoms with Gasteiger partial charge in [-0.1, -0.05) is 13.8 Å². The molecule has 0 bridgehead atoms. The Bertz CT molecular complexity index is 368. The maximum absolute atomic E-state index is 4.77. The summed E-state index contributed by atoms with van der Waals surface area (Å²) in [6.07, 6.45) is 8.10. The Hall–Kier alpha value is -1.32. The molecule has 2 heterocycles. The fourth-order valence-electron chi connectivity index (χ4n) is 2.64. The van der Waals surface area contributed by atoms with Gasteiger partial charge in [-0.25, -0.2) is 4.98 Å². The van der Waals surface area contributed by atoms with Gasteiger partial charge in [-0.3, -0.25) is 0 Å². The Kier molecular flexibility index (Phi) is 5.43. The van der Waals surface area contributed by atoms with E-state index in [2.05, 4.69) is 28.6 Å². The van der Waals surface area contributed by atoms with E-state index in [0.717, 1.165) is 50.8 Å². The fraction of sp³-hybridized carbons (Fsp3) is 0.733. The van der Waals surface area contributed by atoms with Gasteiger partial charge in [-0.2, -0.15) is 4.98 Å². The molecule has 4 nitrogen and oxygen atoms in total. The van der Waals surface area contributed by atoms with Crippen molar-refractivity contribution in [2.45, 2.75) is 46.0 Å². The summed E-state index contributed by atoms with van der Waals surface area (Å²) in [4.78, 5) is 13.9. The molecule has 1 aliphatic heterocycles. The van der Waals surface area contributed by atoms with Gasteiger partial charge < -0.3 is 9.80 Å². The molecule has 19 heavy (non-hydrogen) atoms. The van der Waals surface area contributed by atoms with Gasteiger partial charge in [0.2, 0.25) is 5.95 Å². The van der Waals surface area contributed by atoms with E-state index in [4.69, 9.17) is 4.98 Å². The van der Waals surface area contributed by atoms with Gasteiger partial charge in [0.1, 0.15) is 5.82 Å². The van der Waals surface area contributed by atoms with Gasteiger partial charge in [0.05, 0.1) is 0 Å². The van der Waals surface area contributed by atoms with Crippen LogP contribution in [0.15, 0.2) is 12.3 Å². The van der Waals surface area contributed by atoms with Gasteiger partial charge in [0.15, 0.2) is 0 Å². The van der Waals surface area contributed by atoms with E-state index in [1.807, 2.05) is 12.3 Å². The monoisotopic (exact) mass is 262 g/mol. The van der Waals surface area contributed by atoms with Gasteiger partial charge >= 0.3 is 0 Å². The van der Waals surface area contributed by atoms with Crippen LogP contribution in [0.1, 0.15) is 46.0 Å². The molecule has 0 spiro atoms. The summed E-state index contributed by atoms with van der Waals surface area (Å²) in [5, 5.41) is 0. The molecule has 0 atom stereocenters. The second-order valence-corrected chi connectivity index (χ2v) is 5.25. The Labute approximate surface area is 116 Å². The van der Waals surface area contributed by atoms with Gasteiger partial charge in [0.25, 0.3) is 0 Å². The number of piperidine rings is 1. The highest BCUT2D eigenvalue weighted by Gasteiger charge is 2.14. The number of nitrogens with zero attached hydrogens (tertiary/aromatic N) is 4. The van der Waals surface area contributed by atoms with E-state index in [1.54, 1.807) is 0 Å². The zero-order valence-corrected chi connectivity index (χ0v) is 12.3. The minimum Gasteiger partial charge on any atom is -0.356 e. The van der Waals surface area contributed by atoms with Gasteiger partial charge in [-0.15, -0.1) is 0 Å². The number of anilines is 2. The van der Waals surface area contributed by atoms with E-state index in [9.17, 15) is 0 Å². The Morgan fingerprint density at radius 1 is 1.11 bits per heavy atom. The minimum absolute atomic E-state index is 0.895. The van der Waals surface area contributed by atoms with E-state index >= 15 is 0 Å². The zero-order chi connectivity index (χ0) is 13.5. The van der Waals surface area contributed by atoms with Crippen LogP contribution in [0.4, 0.5) is 11.8 Å². The van der Waals surface area contributed by atoms with Crippen LogP contribution in [0.2, 0.25) is 0 Å². The molecule has 4 heteroatoms. The van der Waals surface area contributed by atoms with E-state index < -0.39 is 0 Å². The van der Waals surface area contributed by atoms with Crippen molar-refractivity contribution in [3.05, 3.63) is 12.3 Å². The molecule has 106 valence electrons. The van der Waals surface area contributed by atoms with E-state index in [1.165, 1.54) is 19.3 Å². The minimum atomic E-state index is 0.895. The maximum atomic E-state index is 4.77. The second-order valence-electron chi connectivity index (χ2n) is 5.25. The van der Waals surface area contributed by atoms with Crippen molar-refractivity contribution >= 4 is 11.8 Å². The molecule has 0 aromatic carbocycles. The lowest BCUT2D eigenvalue weighted by Gasteiger charge is -2.29. The Balaban J connectivity index is 2.12. The lowest BCUT2D eigenvalue weighted by Crippen LogP contribution is -2.32. The quantitative estimate of drug-likeness (QED) is 0.788. The Morgan fingerprint density at radius 3 is 2.42 bits per heavy atom. The molecule has 0 saturated carbocycles. The van der Waals surface area contributed by atoms with Crippen LogP contribution in [0.25, 0.3) is 0 Å². The van der Waals surface area contributed by atoms with E-state index in [0.29, 0.717) is 0 Å². The van der Waals surface area contributed by atoms with Crippen molar-refractivity contribution in [2.75, 3.05) is 36.0 Å². The molecule has 1 aromatic rings. The third-order valence-corrected chi connectivity index (χ3v) is 3.58. The molecular formula is C15H26N4. The van der Waals surface area contributed by atoms with Crippen LogP contribution in [0.5, 0.6) is 0 Å². The molecule has 1 aromatic heterocycles. The molecule has 1 saturated heterocycles. The van der Waals surface area contributed by atoms with Gasteiger partial charge in [-0.05, 0) is 38.2 Å². The largest absolute Gasteiger partial charge is 0.356 e. The maximum Gasteiger partial charge on any atom is 0.227 e. The highest BCUT2D eigenvalue weighted by molar-refractivity contribution is 5.44. The van der Waals surface area contributed by atoms with Crippen molar-refractivity contribution in [3.63, 3.8) is 0 Å². The first-order valence-electron chi connectivity index (χ1n) is 7.68. The summed E-state index contributed by atoms with van der Waals surface area (Å²) in [6, 6.07) is 2.05. The van der Waals surface area contributed by atoms with Crippen LogP contribution < -0.4 is 9.80 Å². The molecule has 0 aliphatic carbocycles. The first-order chi connectivity index (χ1) is 9.35. The first kappa shape index (κ1) is 14.1. The topological polar surface area (TPSA) is 32.3 Å². The SMILES string of the molecule is CCCN(CCC)c1nccc(N2CCCCC2)n1. The summed E-state index contributed by atoms with van der Waals surface area (Å²) < 4.78 is 0. The highest BCUT2D eigenvalue weighted by atomic mass is 15.3. The molecule has 2 rings (SSSR count). The predicted molar refractivity (Wildman–Crippen MR) is 80.9 cm³/mol. The molecule has 1 fully saturated rings. The molecule has 0 amide bonds. The first-order valence-corrected chi connectivity index (χ1v) is 7.68. The van der Waals surface area contributed by atoms with Gasteiger partial charge in [0, 0.05) is 32.4 Å². The third kappa shape index (κ3) is 3.82. The molecule has 0 radical (unpaired) electrons. The molecular weight excluding hydrogens is 236 g/mol. The number of hydrogen-bond donors (Lipinski definition) is 0. The van der Waals surface area contributed by atoms with Crippen molar-refractivity contribution in [1.29, 1.82) is 0 Å². The number of rotatable bonds is 6. The van der Waals surface area contributed by atoms with Crippen LogP contribution >= 0.6 is 0 Å². The summed E-state index contributed by atoms with van der Waals surface area (Å²) in [5.74, 6) is 1.99. The molecule has 0 N–H and O–H groups in total. The van der Waals surface area contributed by atoms with Crippen LogP contribution in [0.3, 0.4) is 0 Å². The number of hydrogen-bond acceptors (Lipinski definition) is 4. The fourth-order valence-corrected chi connectivity index (χ4v) is 2.64. The highest BCUT2D eigenvalue weighted by Crippen LogP contribution is 2.19. The molecule has 1 aliphatic rings. The van der Waals surface area contributed by atoms with Crippen molar-refractivity contribution in [3.8, 4) is 0 Å². The van der Waals surface area contributed by atoms with Crippen LogP contribution in [0, 0.1) is 0 Å². The summed E-state index contributed by atoms with van der Waals surface area (Å²) >= 11 is 0. The van der Waals surface area contributed by atoms with Crippen molar-refractivity contribution < 1.29 is 0 Å². The van der Waals surface area contributed by atoms with E-state index in [-0.39, 0.29) is 0 Å². The predicted octanol–water partition coefficient (Wildman–Crippen LogP) is 3.09. The smallest absolute Gasteiger partial charge is 0.227 e. The number of aromatic nitrogens is 2. The average molecular weight is 262 g/mol. The summed E-state index contributed by atoms with van der Waals surface area (Å²) in [6.45, 7) is 8.76. The van der Waals surface area contributed by atoms with Crippen LogP contribution in [-0.4, -0.2) is 36.1 Å². The normalized spacial score (nSPS) is 15.6. The third-order valence-electron chi connectivity index (χ3n) is 3.58. The summed E-state index contributed by atoms with van der Waals surface area (Å²) in [7, 11) is 0. The van der Waals surface area contributed by atoms with Crippen LogP contribution in [-0.2, 0) is 0 Å². The standard InChI is InChI=1S/C15H26N4/c1-3-10-19(11-4-2)15-16-9-8-14(17-15)18-12-6-5-7-13-18/h8-9H,3-7,10-13H2,1-2H3. The van der Waals surface area contributed by atoms with Crippen molar-refractivity contribution in [1.82, 2.24) is 9.97 Å². The molecule has 0 unspecified atom stereocenters. The lowest BCUT2D eigenvalue weighted by atomic mass is 10.1. The summed E-state index contributed by atoms with van der Waals surface area (Å²) in [5.41, 5.74) is 0. The average Bonchev–Trinajstić information content (AvgIpc) is 2.48. The second kappa shape index (κ2) is 7.31. The Morgan fingerprint density at radius 2 is 1.79 bits per heavy atom.